The predicted octanol–water partition coefficient (Wildman–Crippen LogP) is 4.36. The van der Waals surface area contributed by atoms with Crippen LogP contribution in [-0.4, -0.2) is 33.4 Å². The minimum absolute atomic E-state index is 0.292. The summed E-state index contributed by atoms with van der Waals surface area (Å²) in [5.41, 5.74) is 4.40. The lowest BCUT2D eigenvalue weighted by molar-refractivity contribution is 0.206. The summed E-state index contributed by atoms with van der Waals surface area (Å²) in [6, 6.07) is 10.6. The first kappa shape index (κ1) is 17.8. The maximum atomic E-state index is 5.61. The third-order valence-corrected chi connectivity index (χ3v) is 5.18. The van der Waals surface area contributed by atoms with Crippen LogP contribution in [0, 0.1) is 0 Å². The molecule has 1 atom stereocenters. The quantitative estimate of drug-likeness (QED) is 0.673. The van der Waals surface area contributed by atoms with Gasteiger partial charge < -0.3 is 9.26 Å². The van der Waals surface area contributed by atoms with Gasteiger partial charge in [0.25, 0.3) is 0 Å². The summed E-state index contributed by atoms with van der Waals surface area (Å²) in [6.07, 6.45) is 5.11. The van der Waals surface area contributed by atoms with Gasteiger partial charge in [-0.2, -0.15) is 5.10 Å². The molecule has 6 heteroatoms. The molecule has 0 saturated carbocycles. The SMILES string of the molecule is CCOc1ccc(-c2[nH]ncc2CN2CCCC2c2cc(CC)no2)cc1. The van der Waals surface area contributed by atoms with Gasteiger partial charge in [-0.25, -0.2) is 0 Å². The van der Waals surface area contributed by atoms with E-state index in [-0.39, 0.29) is 0 Å². The van der Waals surface area contributed by atoms with Gasteiger partial charge in [0, 0.05) is 23.7 Å². The maximum Gasteiger partial charge on any atom is 0.154 e. The number of nitrogens with one attached hydrogen (secondary N) is 1. The third kappa shape index (κ3) is 3.76. The second-order valence-electron chi connectivity index (χ2n) is 6.93. The highest BCUT2D eigenvalue weighted by molar-refractivity contribution is 5.63. The van der Waals surface area contributed by atoms with Crippen LogP contribution in [-0.2, 0) is 13.0 Å². The van der Waals surface area contributed by atoms with E-state index in [1.807, 2.05) is 25.3 Å². The van der Waals surface area contributed by atoms with Crippen molar-refractivity contribution in [1.29, 1.82) is 0 Å². The molecule has 0 spiro atoms. The zero-order valence-electron chi connectivity index (χ0n) is 15.9. The number of hydrogen-bond donors (Lipinski definition) is 1. The Bertz CT molecular complexity index is 868. The number of benzene rings is 1. The van der Waals surface area contributed by atoms with Crippen molar-refractivity contribution in [3.63, 3.8) is 0 Å². The van der Waals surface area contributed by atoms with Crippen molar-refractivity contribution in [2.24, 2.45) is 0 Å². The molecule has 142 valence electrons. The molecular weight excluding hydrogens is 340 g/mol. The lowest BCUT2D eigenvalue weighted by Crippen LogP contribution is -2.22. The molecule has 6 nitrogen and oxygen atoms in total. The molecule has 27 heavy (non-hydrogen) atoms. The predicted molar refractivity (Wildman–Crippen MR) is 103 cm³/mol. The topological polar surface area (TPSA) is 67.2 Å². The Morgan fingerprint density at radius 2 is 2.11 bits per heavy atom. The van der Waals surface area contributed by atoms with Gasteiger partial charge in [-0.1, -0.05) is 12.1 Å². The van der Waals surface area contributed by atoms with Crippen LogP contribution < -0.4 is 4.74 Å². The van der Waals surface area contributed by atoms with Gasteiger partial charge >= 0.3 is 0 Å². The van der Waals surface area contributed by atoms with Crippen molar-refractivity contribution in [3.05, 3.63) is 53.5 Å². The number of rotatable bonds is 7. The fourth-order valence-corrected chi connectivity index (χ4v) is 3.77. The number of hydrogen-bond acceptors (Lipinski definition) is 5. The second-order valence-corrected chi connectivity index (χ2v) is 6.93. The summed E-state index contributed by atoms with van der Waals surface area (Å²) in [5.74, 6) is 1.87. The molecule has 0 bridgehead atoms. The van der Waals surface area contributed by atoms with Crippen LogP contribution in [0.1, 0.15) is 49.7 Å². The summed E-state index contributed by atoms with van der Waals surface area (Å²) in [4.78, 5) is 2.46. The molecule has 1 N–H and O–H groups in total. The van der Waals surface area contributed by atoms with E-state index < -0.39 is 0 Å². The molecule has 4 rings (SSSR count). The molecule has 1 unspecified atom stereocenters. The monoisotopic (exact) mass is 366 g/mol. The van der Waals surface area contributed by atoms with Crippen molar-refractivity contribution < 1.29 is 9.26 Å². The zero-order valence-corrected chi connectivity index (χ0v) is 15.9. The van der Waals surface area contributed by atoms with Gasteiger partial charge in [0.15, 0.2) is 5.76 Å². The van der Waals surface area contributed by atoms with Crippen LogP contribution in [0.2, 0.25) is 0 Å². The van der Waals surface area contributed by atoms with Crippen molar-refractivity contribution in [3.8, 4) is 17.0 Å². The maximum absolute atomic E-state index is 5.61. The smallest absolute Gasteiger partial charge is 0.154 e. The summed E-state index contributed by atoms with van der Waals surface area (Å²) < 4.78 is 11.2. The Morgan fingerprint density at radius 1 is 1.26 bits per heavy atom. The first-order valence-corrected chi connectivity index (χ1v) is 9.73. The number of H-pyrrole nitrogens is 1. The standard InChI is InChI=1S/C21H26N4O2/c1-3-17-12-20(27-24-17)19-6-5-11-25(19)14-16-13-22-23-21(16)15-7-9-18(10-8-15)26-4-2/h7-10,12-13,19H,3-6,11,14H2,1-2H3,(H,22,23). The van der Waals surface area contributed by atoms with E-state index >= 15 is 0 Å². The third-order valence-electron chi connectivity index (χ3n) is 5.18. The molecular formula is C21H26N4O2. The minimum atomic E-state index is 0.292. The summed E-state index contributed by atoms with van der Waals surface area (Å²) in [7, 11) is 0. The molecule has 0 amide bonds. The zero-order chi connectivity index (χ0) is 18.6. The normalized spacial score (nSPS) is 17.5. The van der Waals surface area contributed by atoms with Gasteiger partial charge in [-0.05, 0) is 57.0 Å². The number of likely N-dealkylation sites (tertiary alicyclic amines) is 1. The van der Waals surface area contributed by atoms with Gasteiger partial charge in [0.05, 0.1) is 30.2 Å². The minimum Gasteiger partial charge on any atom is -0.494 e. The average Bonchev–Trinajstić information content (AvgIpc) is 3.43. The Morgan fingerprint density at radius 3 is 2.85 bits per heavy atom. The lowest BCUT2D eigenvalue weighted by Gasteiger charge is -2.22. The molecule has 1 aromatic carbocycles. The van der Waals surface area contributed by atoms with Crippen molar-refractivity contribution in [1.82, 2.24) is 20.3 Å². The molecule has 3 heterocycles. The number of aromatic amines is 1. The van der Waals surface area contributed by atoms with Gasteiger partial charge in [-0.15, -0.1) is 0 Å². The lowest BCUT2D eigenvalue weighted by atomic mass is 10.1. The molecule has 3 aromatic rings. The van der Waals surface area contributed by atoms with E-state index in [1.54, 1.807) is 0 Å². The van der Waals surface area contributed by atoms with Crippen LogP contribution >= 0.6 is 0 Å². The Balaban J connectivity index is 1.52. The van der Waals surface area contributed by atoms with Gasteiger partial charge in [0.2, 0.25) is 0 Å². The Kier molecular flexibility index (Phi) is 5.25. The fourth-order valence-electron chi connectivity index (χ4n) is 3.77. The highest BCUT2D eigenvalue weighted by Gasteiger charge is 2.30. The van der Waals surface area contributed by atoms with E-state index in [9.17, 15) is 0 Å². The first-order chi connectivity index (χ1) is 13.3. The van der Waals surface area contributed by atoms with E-state index in [4.69, 9.17) is 9.26 Å². The number of aromatic nitrogens is 3. The van der Waals surface area contributed by atoms with Crippen molar-refractivity contribution in [2.75, 3.05) is 13.2 Å². The van der Waals surface area contributed by atoms with Crippen molar-refractivity contribution in [2.45, 2.75) is 45.7 Å². The Labute approximate surface area is 159 Å². The molecule has 1 saturated heterocycles. The van der Waals surface area contributed by atoms with E-state index in [2.05, 4.69) is 45.4 Å². The van der Waals surface area contributed by atoms with Crippen molar-refractivity contribution >= 4 is 0 Å². The molecule has 0 aliphatic carbocycles. The molecule has 1 aliphatic rings. The molecule has 1 aliphatic heterocycles. The van der Waals surface area contributed by atoms with E-state index in [1.165, 1.54) is 12.0 Å². The first-order valence-electron chi connectivity index (χ1n) is 9.73. The average molecular weight is 366 g/mol. The molecule has 2 aromatic heterocycles. The summed E-state index contributed by atoms with van der Waals surface area (Å²) >= 11 is 0. The number of ether oxygens (including phenoxy) is 1. The number of aryl methyl sites for hydroxylation is 1. The van der Waals surface area contributed by atoms with Crippen LogP contribution in [0.5, 0.6) is 5.75 Å². The highest BCUT2D eigenvalue weighted by atomic mass is 16.5. The molecule has 1 fully saturated rings. The fraction of sp³-hybridized carbons (Fsp3) is 0.429. The molecule has 0 radical (unpaired) electrons. The summed E-state index contributed by atoms with van der Waals surface area (Å²) in [6.45, 7) is 6.66. The van der Waals surface area contributed by atoms with Crippen LogP contribution in [0.15, 0.2) is 41.1 Å². The van der Waals surface area contributed by atoms with E-state index in [0.717, 1.165) is 54.4 Å². The van der Waals surface area contributed by atoms with Gasteiger partial charge in [-0.3, -0.25) is 10.00 Å². The van der Waals surface area contributed by atoms with Gasteiger partial charge in [0.1, 0.15) is 5.75 Å². The van der Waals surface area contributed by atoms with E-state index in [0.29, 0.717) is 12.6 Å². The Hall–Kier alpha value is -2.60. The summed E-state index contributed by atoms with van der Waals surface area (Å²) in [5, 5.41) is 11.6. The van der Waals surface area contributed by atoms with Crippen LogP contribution in [0.25, 0.3) is 11.3 Å². The number of nitrogens with zero attached hydrogens (tertiary/aromatic N) is 3. The van der Waals surface area contributed by atoms with Crippen LogP contribution in [0.4, 0.5) is 0 Å². The second kappa shape index (κ2) is 7.96. The highest BCUT2D eigenvalue weighted by Crippen LogP contribution is 2.35. The van der Waals surface area contributed by atoms with Crippen LogP contribution in [0.3, 0.4) is 0 Å². The largest absolute Gasteiger partial charge is 0.494 e.